The Morgan fingerprint density at radius 2 is 2.00 bits per heavy atom. The molecule has 5 nitrogen and oxygen atoms in total. The summed E-state index contributed by atoms with van der Waals surface area (Å²) < 4.78 is 17.0. The van der Waals surface area contributed by atoms with Crippen molar-refractivity contribution < 1.29 is 23.8 Å². The third kappa shape index (κ3) is 2.93. The van der Waals surface area contributed by atoms with Crippen LogP contribution in [0, 0.1) is 34.5 Å². The molecular weight excluding hydrogens is 344 g/mol. The maximum atomic E-state index is 12.1. The largest absolute Gasteiger partial charge is 0.435 e. The molecule has 4 aliphatic rings. The van der Waals surface area contributed by atoms with Crippen LogP contribution in [0.5, 0.6) is 0 Å². The fraction of sp³-hybridized carbons (Fsp3) is 0.818. The molecular formula is C22H32O5. The Morgan fingerprint density at radius 1 is 1.26 bits per heavy atom. The predicted molar refractivity (Wildman–Crippen MR) is 99.2 cm³/mol. The Labute approximate surface area is 161 Å². The van der Waals surface area contributed by atoms with Crippen molar-refractivity contribution in [2.24, 2.45) is 34.5 Å². The number of fused-ring (bicyclic) bond motifs is 3. The Bertz CT molecular complexity index is 668. The van der Waals surface area contributed by atoms with Gasteiger partial charge in [0.25, 0.3) is 0 Å². The smallest absolute Gasteiger partial charge is 0.308 e. The minimum absolute atomic E-state index is 0.0419. The van der Waals surface area contributed by atoms with Gasteiger partial charge in [0.1, 0.15) is 0 Å². The second-order valence-corrected chi connectivity index (χ2v) is 9.99. The van der Waals surface area contributed by atoms with E-state index < -0.39 is 12.6 Å². The fourth-order valence-electron chi connectivity index (χ4n) is 6.79. The van der Waals surface area contributed by atoms with Gasteiger partial charge in [0.2, 0.25) is 12.6 Å². The van der Waals surface area contributed by atoms with Crippen LogP contribution in [0.4, 0.5) is 0 Å². The van der Waals surface area contributed by atoms with E-state index in [0.717, 1.165) is 19.3 Å². The van der Waals surface area contributed by atoms with E-state index in [1.54, 1.807) is 0 Å². The Hall–Kier alpha value is -1.36. The predicted octanol–water partition coefficient (Wildman–Crippen LogP) is 4.21. The van der Waals surface area contributed by atoms with E-state index in [9.17, 15) is 9.59 Å². The highest BCUT2D eigenvalue weighted by molar-refractivity contribution is 5.71. The van der Waals surface area contributed by atoms with Crippen molar-refractivity contribution in [3.63, 3.8) is 0 Å². The van der Waals surface area contributed by atoms with Gasteiger partial charge >= 0.3 is 11.9 Å². The zero-order valence-electron chi connectivity index (χ0n) is 17.0. The van der Waals surface area contributed by atoms with Gasteiger partial charge in [-0.1, -0.05) is 32.9 Å². The van der Waals surface area contributed by atoms with E-state index in [-0.39, 0.29) is 41.0 Å². The van der Waals surface area contributed by atoms with Crippen LogP contribution in [-0.4, -0.2) is 24.5 Å². The van der Waals surface area contributed by atoms with E-state index in [0.29, 0.717) is 11.8 Å². The molecule has 2 aliphatic carbocycles. The summed E-state index contributed by atoms with van der Waals surface area (Å²) in [4.78, 5) is 23.6. The quantitative estimate of drug-likeness (QED) is 0.534. The zero-order chi connectivity index (χ0) is 19.6. The average molecular weight is 376 g/mol. The molecule has 2 saturated heterocycles. The summed E-state index contributed by atoms with van der Waals surface area (Å²) in [6.45, 7) is 13.0. The lowest BCUT2D eigenvalue weighted by molar-refractivity contribution is -0.213. The van der Waals surface area contributed by atoms with Crippen molar-refractivity contribution in [1.29, 1.82) is 0 Å². The van der Waals surface area contributed by atoms with E-state index in [2.05, 4.69) is 27.4 Å². The topological polar surface area (TPSA) is 61.8 Å². The Morgan fingerprint density at radius 3 is 2.70 bits per heavy atom. The van der Waals surface area contributed by atoms with Crippen LogP contribution in [0.25, 0.3) is 0 Å². The van der Waals surface area contributed by atoms with Crippen molar-refractivity contribution in [1.82, 2.24) is 0 Å². The molecule has 0 aromatic carbocycles. The van der Waals surface area contributed by atoms with E-state index in [1.165, 1.54) is 25.3 Å². The molecule has 2 aliphatic heterocycles. The highest BCUT2D eigenvalue weighted by Crippen LogP contribution is 2.65. The summed E-state index contributed by atoms with van der Waals surface area (Å²) in [6, 6.07) is 0. The molecule has 0 aromatic rings. The number of allylic oxidation sites excluding steroid dienone is 1. The molecule has 0 radical (unpaired) electrons. The van der Waals surface area contributed by atoms with Crippen LogP contribution < -0.4 is 0 Å². The Balaban J connectivity index is 1.70. The van der Waals surface area contributed by atoms with Gasteiger partial charge in [-0.05, 0) is 54.8 Å². The van der Waals surface area contributed by atoms with Gasteiger partial charge in [0.05, 0.1) is 6.42 Å². The average Bonchev–Trinajstić information content (AvgIpc) is 2.97. The van der Waals surface area contributed by atoms with Crippen molar-refractivity contribution in [3.05, 3.63) is 12.2 Å². The van der Waals surface area contributed by atoms with Crippen LogP contribution >= 0.6 is 0 Å². The van der Waals surface area contributed by atoms with Gasteiger partial charge < -0.3 is 14.2 Å². The van der Waals surface area contributed by atoms with E-state index in [4.69, 9.17) is 14.2 Å². The summed E-state index contributed by atoms with van der Waals surface area (Å²) in [5, 5.41) is 0. The summed E-state index contributed by atoms with van der Waals surface area (Å²) >= 11 is 0. The van der Waals surface area contributed by atoms with Crippen LogP contribution in [0.15, 0.2) is 12.2 Å². The molecule has 7 atom stereocenters. The molecule has 2 heterocycles. The van der Waals surface area contributed by atoms with Crippen molar-refractivity contribution in [2.75, 3.05) is 0 Å². The van der Waals surface area contributed by atoms with Crippen LogP contribution in [-0.2, 0) is 23.8 Å². The standard InChI is InChI=1S/C22H32O5/c1-12-7-6-9-21(3,4)15-8-10-22(5,17(12)15)18-14-11-16(24)26-20(18)27-19(14)25-13(2)23/h14-15,17-20H,1,6-11H2,2-5H3/t14?,15-,17-,18+,19?,20?,22-/m1/s1. The number of rotatable bonds is 2. The first-order valence-electron chi connectivity index (χ1n) is 10.3. The second-order valence-electron chi connectivity index (χ2n) is 9.99. The third-order valence-electron chi connectivity index (χ3n) is 7.94. The Kier molecular flexibility index (Phi) is 4.45. The molecule has 4 rings (SSSR count). The molecule has 0 amide bonds. The van der Waals surface area contributed by atoms with Gasteiger partial charge in [0.15, 0.2) is 0 Å². The summed E-state index contributed by atoms with van der Waals surface area (Å²) in [5.74, 6) is 0.244. The normalized spacial score (nSPS) is 45.8. The maximum absolute atomic E-state index is 12.1. The molecule has 4 fully saturated rings. The lowest BCUT2D eigenvalue weighted by Crippen LogP contribution is -2.47. The van der Waals surface area contributed by atoms with Gasteiger partial charge in [-0.2, -0.15) is 0 Å². The SMILES string of the molecule is C=C1CCCC(C)(C)[C@@H]2CC[C@@](C)([C@@H]3C4OC(=O)CC3C(OC(C)=O)O4)[C@H]12. The van der Waals surface area contributed by atoms with Gasteiger partial charge in [-0.3, -0.25) is 9.59 Å². The minimum Gasteiger partial charge on any atom is -0.435 e. The van der Waals surface area contributed by atoms with E-state index >= 15 is 0 Å². The first-order valence-corrected chi connectivity index (χ1v) is 10.3. The molecule has 150 valence electrons. The summed E-state index contributed by atoms with van der Waals surface area (Å²) in [7, 11) is 0. The number of carbonyl (C=O) groups is 2. The van der Waals surface area contributed by atoms with Gasteiger partial charge in [-0.15, -0.1) is 0 Å². The highest BCUT2D eigenvalue weighted by Gasteiger charge is 2.64. The molecule has 3 unspecified atom stereocenters. The minimum atomic E-state index is -0.688. The molecule has 0 spiro atoms. The molecule has 0 aromatic heterocycles. The number of hydrogen-bond acceptors (Lipinski definition) is 5. The lowest BCUT2D eigenvalue weighted by Gasteiger charge is -2.46. The molecule has 27 heavy (non-hydrogen) atoms. The van der Waals surface area contributed by atoms with Crippen LogP contribution in [0.1, 0.15) is 66.2 Å². The molecule has 2 bridgehead atoms. The third-order valence-corrected chi connectivity index (χ3v) is 7.94. The van der Waals surface area contributed by atoms with Gasteiger partial charge in [0, 0.05) is 18.8 Å². The van der Waals surface area contributed by atoms with Crippen LogP contribution in [0.3, 0.4) is 0 Å². The fourth-order valence-corrected chi connectivity index (χ4v) is 6.79. The second kappa shape index (κ2) is 6.33. The number of ether oxygens (including phenoxy) is 3. The first-order chi connectivity index (χ1) is 12.6. The number of esters is 2. The van der Waals surface area contributed by atoms with E-state index in [1.807, 2.05) is 0 Å². The maximum Gasteiger partial charge on any atom is 0.308 e. The van der Waals surface area contributed by atoms with Gasteiger partial charge in [-0.25, -0.2) is 0 Å². The van der Waals surface area contributed by atoms with Crippen molar-refractivity contribution in [3.8, 4) is 0 Å². The number of carbonyl (C=O) groups excluding carboxylic acids is 2. The molecule has 2 saturated carbocycles. The monoisotopic (exact) mass is 376 g/mol. The number of hydrogen-bond donors (Lipinski definition) is 0. The zero-order valence-corrected chi connectivity index (χ0v) is 17.0. The van der Waals surface area contributed by atoms with Crippen molar-refractivity contribution >= 4 is 11.9 Å². The van der Waals surface area contributed by atoms with Crippen molar-refractivity contribution in [2.45, 2.75) is 78.8 Å². The summed E-state index contributed by atoms with van der Waals surface area (Å²) in [5.41, 5.74) is 1.56. The highest BCUT2D eigenvalue weighted by atomic mass is 16.8. The first kappa shape index (κ1) is 19.0. The lowest BCUT2D eigenvalue weighted by atomic mass is 9.59. The summed E-state index contributed by atoms with van der Waals surface area (Å²) in [6.07, 6.45) is 4.65. The molecule has 0 N–H and O–H groups in total. The molecule has 5 heteroatoms. The van der Waals surface area contributed by atoms with Crippen LogP contribution in [0.2, 0.25) is 0 Å².